The topological polar surface area (TPSA) is 164 Å². The highest BCUT2D eigenvalue weighted by Gasteiger charge is 2.70. The number of aliphatic hydroxyl groups is 4. The summed E-state index contributed by atoms with van der Waals surface area (Å²) >= 11 is 0. The Morgan fingerprint density at radius 2 is 1.65 bits per heavy atom. The summed E-state index contributed by atoms with van der Waals surface area (Å²) in [5.41, 5.74) is -1.75. The second-order valence-electron chi connectivity index (χ2n) is 14.3. The number of hydrogen-bond acceptors (Lipinski definition) is 7. The first-order chi connectivity index (χ1) is 18.4. The van der Waals surface area contributed by atoms with Crippen LogP contribution in [0.1, 0.15) is 79.6 Å². The van der Waals surface area contributed by atoms with Crippen molar-refractivity contribution in [2.75, 3.05) is 12.3 Å². The van der Waals surface area contributed by atoms with Gasteiger partial charge >= 0.3 is 0 Å². The Hall–Kier alpha value is -1.04. The van der Waals surface area contributed by atoms with Gasteiger partial charge in [0.15, 0.2) is 0 Å². The minimum atomic E-state index is -4.13. The Bertz CT molecular complexity index is 1080. The van der Waals surface area contributed by atoms with Crippen LogP contribution in [-0.4, -0.2) is 75.5 Å². The minimum Gasteiger partial charge on any atom is -0.393 e. The summed E-state index contributed by atoms with van der Waals surface area (Å²) in [6.07, 6.45) is 6.84. The van der Waals surface area contributed by atoms with E-state index in [0.29, 0.717) is 19.3 Å². The lowest BCUT2D eigenvalue weighted by Crippen LogP contribution is -2.68. The SMILES string of the molecule is CC(C=CC(C)C1CC(O)C2C1(C)CCC1C3(C)CCC(O)CC3C(O)CC12O)C(C)C(=O)NCCS(=O)(=O)O. The Morgan fingerprint density at radius 1 is 1.00 bits per heavy atom. The van der Waals surface area contributed by atoms with Crippen LogP contribution < -0.4 is 5.32 Å². The van der Waals surface area contributed by atoms with Gasteiger partial charge in [0.2, 0.25) is 5.91 Å². The molecule has 0 saturated heterocycles. The fourth-order valence-corrected chi connectivity index (χ4v) is 10.1. The van der Waals surface area contributed by atoms with Crippen molar-refractivity contribution in [1.82, 2.24) is 5.32 Å². The normalized spacial score (nSPS) is 45.7. The van der Waals surface area contributed by atoms with Crippen molar-refractivity contribution < 1.29 is 38.2 Å². The van der Waals surface area contributed by atoms with Gasteiger partial charge in [0, 0.05) is 24.8 Å². The average molecular weight is 586 g/mol. The molecule has 0 aromatic carbocycles. The summed E-state index contributed by atoms with van der Waals surface area (Å²) < 4.78 is 30.7. The van der Waals surface area contributed by atoms with E-state index in [0.717, 1.165) is 19.3 Å². The van der Waals surface area contributed by atoms with Gasteiger partial charge in [-0.25, -0.2) is 0 Å². The molecule has 40 heavy (non-hydrogen) atoms. The molecule has 0 spiro atoms. The highest BCUT2D eigenvalue weighted by molar-refractivity contribution is 7.85. The third-order valence-corrected chi connectivity index (χ3v) is 12.7. The molecule has 4 fully saturated rings. The summed E-state index contributed by atoms with van der Waals surface area (Å²) in [5, 5.41) is 48.0. The molecule has 4 saturated carbocycles. The summed E-state index contributed by atoms with van der Waals surface area (Å²) in [6.45, 7) is 10.1. The number of rotatable bonds is 8. The molecule has 9 nitrogen and oxygen atoms in total. The Morgan fingerprint density at radius 3 is 2.30 bits per heavy atom. The molecule has 1 amide bonds. The molecule has 13 unspecified atom stereocenters. The van der Waals surface area contributed by atoms with Gasteiger partial charge in [-0.2, -0.15) is 8.42 Å². The highest BCUT2D eigenvalue weighted by Crippen LogP contribution is 2.69. The predicted molar refractivity (Wildman–Crippen MR) is 152 cm³/mol. The molecule has 4 rings (SSSR count). The molecule has 0 aromatic heterocycles. The standard InChI is InChI=1S/C30H51NO8S/c1-17(19(3)27(35)31-12-13-40(37,38)39)6-7-18(2)21-15-23(33)26-29(21,5)11-9-25-28(4)10-8-20(32)14-22(28)24(34)16-30(25,26)36/h6-7,17-26,32-34,36H,8-16H2,1-5H3,(H,31,35)(H,37,38,39). The number of carbonyl (C=O) groups is 1. The maximum Gasteiger partial charge on any atom is 0.266 e. The van der Waals surface area contributed by atoms with Crippen LogP contribution in [0.25, 0.3) is 0 Å². The molecule has 4 aliphatic carbocycles. The van der Waals surface area contributed by atoms with E-state index in [1.54, 1.807) is 6.92 Å². The van der Waals surface area contributed by atoms with Crippen LogP contribution in [0.2, 0.25) is 0 Å². The first-order valence-corrected chi connectivity index (χ1v) is 16.7. The van der Waals surface area contributed by atoms with Crippen LogP contribution in [0, 0.1) is 52.3 Å². The second kappa shape index (κ2) is 11.2. The van der Waals surface area contributed by atoms with Crippen molar-refractivity contribution in [2.45, 2.75) is 103 Å². The van der Waals surface area contributed by atoms with Gasteiger partial charge < -0.3 is 25.7 Å². The molecular weight excluding hydrogens is 534 g/mol. The second-order valence-corrected chi connectivity index (χ2v) is 15.8. The van der Waals surface area contributed by atoms with Crippen LogP contribution in [0.5, 0.6) is 0 Å². The van der Waals surface area contributed by atoms with Gasteiger partial charge in [0.05, 0.1) is 29.7 Å². The summed E-state index contributed by atoms with van der Waals surface area (Å²) in [7, 11) is -4.13. The number of nitrogens with one attached hydrogen (secondary N) is 1. The van der Waals surface area contributed by atoms with Gasteiger partial charge in [-0.15, -0.1) is 0 Å². The molecule has 230 valence electrons. The summed E-state index contributed by atoms with van der Waals surface area (Å²) in [4.78, 5) is 12.5. The molecule has 0 aliphatic heterocycles. The third kappa shape index (κ3) is 5.65. The van der Waals surface area contributed by atoms with Gasteiger partial charge in [-0.1, -0.05) is 46.8 Å². The molecule has 6 N–H and O–H groups in total. The number of fused-ring (bicyclic) bond motifs is 5. The zero-order valence-corrected chi connectivity index (χ0v) is 25.5. The molecule has 4 aliphatic rings. The molecular formula is C30H51NO8S. The number of aliphatic hydroxyl groups excluding tert-OH is 3. The smallest absolute Gasteiger partial charge is 0.266 e. The summed E-state index contributed by atoms with van der Waals surface area (Å²) in [6, 6.07) is 0. The van der Waals surface area contributed by atoms with E-state index in [4.69, 9.17) is 4.55 Å². The van der Waals surface area contributed by atoms with E-state index in [1.165, 1.54) is 0 Å². The fraction of sp³-hybridized carbons (Fsp3) is 0.900. The largest absolute Gasteiger partial charge is 0.393 e. The molecule has 0 bridgehead atoms. The number of hydrogen-bond donors (Lipinski definition) is 6. The van der Waals surface area contributed by atoms with Gasteiger partial charge in [-0.05, 0) is 78.9 Å². The molecule has 0 heterocycles. The number of amides is 1. The lowest BCUT2D eigenvalue weighted by atomic mass is 9.42. The maximum absolute atomic E-state index is 12.5. The van der Waals surface area contributed by atoms with Crippen molar-refractivity contribution in [3.63, 3.8) is 0 Å². The van der Waals surface area contributed by atoms with Gasteiger partial charge in [-0.3, -0.25) is 9.35 Å². The van der Waals surface area contributed by atoms with Crippen molar-refractivity contribution >= 4 is 16.0 Å². The van der Waals surface area contributed by atoms with Crippen molar-refractivity contribution in [3.05, 3.63) is 12.2 Å². The van der Waals surface area contributed by atoms with Gasteiger partial charge in [0.1, 0.15) is 0 Å². The maximum atomic E-state index is 12.5. The van der Waals surface area contributed by atoms with Crippen molar-refractivity contribution in [1.29, 1.82) is 0 Å². The Balaban J connectivity index is 1.47. The van der Waals surface area contributed by atoms with E-state index >= 15 is 0 Å². The van der Waals surface area contributed by atoms with Gasteiger partial charge in [0.25, 0.3) is 10.1 Å². The number of allylic oxidation sites excluding steroid dienone is 2. The van der Waals surface area contributed by atoms with E-state index in [-0.39, 0.29) is 65.2 Å². The van der Waals surface area contributed by atoms with Crippen LogP contribution in [0.15, 0.2) is 12.2 Å². The lowest BCUT2D eigenvalue weighted by molar-refractivity contribution is -0.263. The quantitative estimate of drug-likeness (QED) is 0.187. The van der Waals surface area contributed by atoms with Crippen LogP contribution >= 0.6 is 0 Å². The monoisotopic (exact) mass is 585 g/mol. The van der Waals surface area contributed by atoms with E-state index < -0.39 is 45.7 Å². The van der Waals surface area contributed by atoms with Crippen LogP contribution in [0.4, 0.5) is 0 Å². The van der Waals surface area contributed by atoms with E-state index in [1.807, 2.05) is 13.0 Å². The average Bonchev–Trinajstić information content (AvgIpc) is 3.13. The highest BCUT2D eigenvalue weighted by atomic mass is 32.2. The zero-order valence-electron chi connectivity index (χ0n) is 24.7. The minimum absolute atomic E-state index is 0.0292. The first-order valence-electron chi connectivity index (χ1n) is 15.1. The lowest BCUT2D eigenvalue weighted by Gasteiger charge is -2.66. The van der Waals surface area contributed by atoms with Crippen LogP contribution in [-0.2, 0) is 14.9 Å². The number of carbonyl (C=O) groups excluding carboxylic acids is 1. The Labute approximate surface area is 239 Å². The Kier molecular flexibility index (Phi) is 8.95. The third-order valence-electron chi connectivity index (χ3n) is 12.0. The zero-order chi connectivity index (χ0) is 29.8. The van der Waals surface area contributed by atoms with Crippen molar-refractivity contribution in [2.24, 2.45) is 52.3 Å². The van der Waals surface area contributed by atoms with E-state index in [9.17, 15) is 33.6 Å². The predicted octanol–water partition coefficient (Wildman–Crippen LogP) is 2.53. The fourth-order valence-electron chi connectivity index (χ4n) is 9.69. The molecule has 0 aromatic rings. The molecule has 10 heteroatoms. The molecule has 0 radical (unpaired) electrons. The first kappa shape index (κ1) is 31.9. The van der Waals surface area contributed by atoms with Crippen LogP contribution in [0.3, 0.4) is 0 Å². The van der Waals surface area contributed by atoms with Crippen molar-refractivity contribution in [3.8, 4) is 0 Å². The summed E-state index contributed by atoms with van der Waals surface area (Å²) in [5.74, 6) is -1.53. The molecule has 13 atom stereocenters. The van der Waals surface area contributed by atoms with E-state index in [2.05, 4.69) is 32.2 Å².